The summed E-state index contributed by atoms with van der Waals surface area (Å²) in [6.45, 7) is 12.4. The molecule has 0 unspecified atom stereocenters. The summed E-state index contributed by atoms with van der Waals surface area (Å²) in [4.78, 5) is 145. The van der Waals surface area contributed by atoms with Crippen LogP contribution in [0.1, 0.15) is 130 Å². The summed E-state index contributed by atoms with van der Waals surface area (Å²) >= 11 is 0. The fourth-order valence-electron chi connectivity index (χ4n) is 10.8. The summed E-state index contributed by atoms with van der Waals surface area (Å²) in [7, 11) is 3.24. The molecular weight excluding hydrogens is 1180 g/mol. The van der Waals surface area contributed by atoms with E-state index in [0.717, 1.165) is 11.3 Å². The third-order valence-corrected chi connectivity index (χ3v) is 15.6. The Morgan fingerprint density at radius 2 is 1.32 bits per heavy atom. The number of carboxylic acid groups (broad SMARTS) is 1. The highest BCUT2D eigenvalue weighted by Crippen LogP contribution is 2.40. The Balaban J connectivity index is 1.47. The Kier molecular flexibility index (Phi) is 30.4. The van der Waals surface area contributed by atoms with Crippen LogP contribution >= 0.6 is 0 Å². The number of nitrogens with two attached hydrogens (primary N) is 4. The number of allylic oxidation sites excluding steroid dienone is 1. The van der Waals surface area contributed by atoms with E-state index in [2.05, 4.69) is 42.2 Å². The number of esters is 1. The number of nitrogens with one attached hydrogen (secondary N) is 7. The molecule has 2 aliphatic rings. The van der Waals surface area contributed by atoms with Crippen LogP contribution in [-0.4, -0.2) is 176 Å². The monoisotopic (exact) mass is 1270 g/mol. The first-order valence-electron chi connectivity index (χ1n) is 31.2. The van der Waals surface area contributed by atoms with Crippen molar-refractivity contribution in [3.05, 3.63) is 64.9 Å². The number of carbonyl (C=O) groups excluding carboxylic acids is 9. The minimum Gasteiger partial charge on any atom is -0.504 e. The second-order valence-corrected chi connectivity index (χ2v) is 24.5. The van der Waals surface area contributed by atoms with Gasteiger partial charge in [-0.2, -0.15) is 0 Å². The highest BCUT2D eigenvalue weighted by atomic mass is 16.5. The molecule has 28 nitrogen and oxygen atoms in total. The van der Waals surface area contributed by atoms with Gasteiger partial charge in [-0.1, -0.05) is 71.9 Å². The molecular formula is C63H98N14O14. The van der Waals surface area contributed by atoms with Crippen molar-refractivity contribution in [1.29, 1.82) is 0 Å². The molecule has 1 saturated heterocycles. The summed E-state index contributed by atoms with van der Waals surface area (Å²) in [5.74, 6) is -8.68. The van der Waals surface area contributed by atoms with Crippen molar-refractivity contribution < 1.29 is 67.6 Å². The van der Waals surface area contributed by atoms with Gasteiger partial charge in [-0.05, 0) is 119 Å². The zero-order valence-corrected chi connectivity index (χ0v) is 54.1. The summed E-state index contributed by atoms with van der Waals surface area (Å²) in [5.41, 5.74) is 26.0. The number of anilines is 1. The fourth-order valence-corrected chi connectivity index (χ4v) is 10.8. The summed E-state index contributed by atoms with van der Waals surface area (Å²) in [5, 5.41) is 39.3. The van der Waals surface area contributed by atoms with Crippen LogP contribution in [0.3, 0.4) is 0 Å². The van der Waals surface area contributed by atoms with Crippen LogP contribution < -0.4 is 69.8 Å². The van der Waals surface area contributed by atoms with E-state index < -0.39 is 120 Å². The molecule has 0 bridgehead atoms. The number of carboxylic acids is 1. The molecule has 8 amide bonds. The van der Waals surface area contributed by atoms with Crippen LogP contribution in [0.2, 0.25) is 0 Å². The Bertz CT molecular complexity index is 2900. The number of aliphatic imine (C=N–C) groups is 1. The van der Waals surface area contributed by atoms with Gasteiger partial charge in [0.25, 0.3) is 0 Å². The highest BCUT2D eigenvalue weighted by molar-refractivity contribution is 5.99. The highest BCUT2D eigenvalue weighted by Gasteiger charge is 2.38. The maximum atomic E-state index is 14.4. The smallest absolute Gasteiger partial charge is 0.328 e. The number of hydrogen-bond acceptors (Lipinski definition) is 17. The lowest BCUT2D eigenvalue weighted by Crippen LogP contribution is -2.59. The minimum absolute atomic E-state index is 0.000138. The van der Waals surface area contributed by atoms with Crippen molar-refractivity contribution in [2.24, 2.45) is 45.7 Å². The summed E-state index contributed by atoms with van der Waals surface area (Å²) in [6.07, 6.45) is 2.06. The van der Waals surface area contributed by atoms with Gasteiger partial charge < -0.3 is 89.6 Å². The third-order valence-electron chi connectivity index (χ3n) is 15.6. The minimum atomic E-state index is -1.78. The third kappa shape index (κ3) is 24.3. The first kappa shape index (κ1) is 74.9. The molecule has 0 radical (unpaired) electrons. The molecule has 1 fully saturated rings. The molecule has 4 rings (SSSR count). The number of phenolic OH excluding ortho intramolecular Hbond substituents is 1. The van der Waals surface area contributed by atoms with Crippen molar-refractivity contribution in [3.8, 4) is 11.5 Å². The van der Waals surface area contributed by atoms with Gasteiger partial charge in [-0.3, -0.25) is 48.1 Å². The molecule has 17 N–H and O–H groups in total. The van der Waals surface area contributed by atoms with Crippen LogP contribution in [0.15, 0.2) is 58.7 Å². The maximum absolute atomic E-state index is 14.4. The number of fused-ring (bicyclic) bond motifs is 1. The second kappa shape index (κ2) is 37.0. The van der Waals surface area contributed by atoms with Crippen LogP contribution in [0.5, 0.6) is 11.5 Å². The summed E-state index contributed by atoms with van der Waals surface area (Å²) < 4.78 is 11.2. The van der Waals surface area contributed by atoms with Crippen molar-refractivity contribution >= 4 is 70.8 Å². The average molecular weight is 1280 g/mol. The predicted molar refractivity (Wildman–Crippen MR) is 341 cm³/mol. The number of unbranched alkanes of at least 4 members (excludes halogenated alkanes) is 1. The number of rotatable bonds is 37. The molecule has 8 atom stereocenters. The normalized spacial score (nSPS) is 16.0. The Hall–Kier alpha value is -8.53. The molecule has 504 valence electrons. The zero-order valence-electron chi connectivity index (χ0n) is 54.1. The molecule has 91 heavy (non-hydrogen) atoms. The van der Waals surface area contributed by atoms with Gasteiger partial charge in [-0.25, -0.2) is 4.79 Å². The first-order chi connectivity index (χ1) is 43.0. The lowest BCUT2D eigenvalue weighted by Gasteiger charge is -2.32. The predicted octanol–water partition coefficient (Wildman–Crippen LogP) is 0.592. The fraction of sp³-hybridized carbons (Fsp3) is 0.603. The number of benzene rings is 2. The van der Waals surface area contributed by atoms with E-state index in [9.17, 15) is 58.2 Å². The van der Waals surface area contributed by atoms with Crippen LogP contribution in [0.25, 0.3) is 0 Å². The van der Waals surface area contributed by atoms with Crippen molar-refractivity contribution in [1.82, 2.24) is 42.1 Å². The maximum Gasteiger partial charge on any atom is 0.328 e. The quantitative estimate of drug-likeness (QED) is 0.0191. The molecule has 0 aromatic heterocycles. The van der Waals surface area contributed by atoms with Crippen LogP contribution in [-0.2, 0) is 65.5 Å². The van der Waals surface area contributed by atoms with Crippen molar-refractivity contribution in [2.45, 2.75) is 180 Å². The summed E-state index contributed by atoms with van der Waals surface area (Å²) in [6, 6.07) is 2.87. The van der Waals surface area contributed by atoms with E-state index in [1.54, 1.807) is 67.6 Å². The average Bonchev–Trinajstić information content (AvgIpc) is 1.23. The number of guanidine groups is 1. The van der Waals surface area contributed by atoms with Gasteiger partial charge in [-0.15, -0.1) is 0 Å². The van der Waals surface area contributed by atoms with Crippen LogP contribution in [0.4, 0.5) is 5.69 Å². The molecule has 2 heterocycles. The largest absolute Gasteiger partial charge is 0.504 e. The number of likely N-dealkylation sites (tertiary alicyclic amines) is 1. The van der Waals surface area contributed by atoms with Crippen molar-refractivity contribution in [2.75, 3.05) is 51.8 Å². The molecule has 0 aliphatic carbocycles. The van der Waals surface area contributed by atoms with E-state index >= 15 is 0 Å². The van der Waals surface area contributed by atoms with Gasteiger partial charge in [0.05, 0.1) is 32.2 Å². The number of phenols is 1. The number of methoxy groups -OCH3 is 1. The molecule has 2 aromatic rings. The van der Waals surface area contributed by atoms with Gasteiger partial charge >= 0.3 is 11.9 Å². The number of aromatic hydroxyl groups is 1. The van der Waals surface area contributed by atoms with E-state index in [-0.39, 0.29) is 106 Å². The number of carbonyl (C=O) groups is 10. The number of amides is 8. The number of ether oxygens (including phenoxy) is 2. The van der Waals surface area contributed by atoms with E-state index in [0.29, 0.717) is 48.9 Å². The second-order valence-electron chi connectivity index (χ2n) is 24.5. The van der Waals surface area contributed by atoms with Gasteiger partial charge in [0.15, 0.2) is 17.5 Å². The molecule has 2 aromatic carbocycles. The topological polar surface area (TPSA) is 437 Å². The number of hydrogen-bond donors (Lipinski definition) is 13. The molecule has 2 aliphatic heterocycles. The Labute approximate surface area is 532 Å². The lowest BCUT2D eigenvalue weighted by atomic mass is 9.95. The van der Waals surface area contributed by atoms with E-state index in [4.69, 9.17) is 32.4 Å². The Morgan fingerprint density at radius 1 is 0.747 bits per heavy atom. The van der Waals surface area contributed by atoms with Gasteiger partial charge in [0.2, 0.25) is 47.3 Å². The molecule has 0 spiro atoms. The standard InChI is InChI=1S/C63H98N14O14/c1-35(2)25-45(71-53(79)33-69-60(87)49-21-16-24-77(49)61(88)43(65)19-15-23-68-63(66)67)56(83)73-47(27-37(5)6)58(85)75-48(31-54(80)81)59(86)74-46(26-36(3)4)57(84)72-44(20-13-14-22-64)62(89)91-34-41(28-39-17-11-10-12-18-39)70-55(82)42-29-40-30-51(78)52(90-9)32-50(40)76(8)38(42)7/h10-12,17-18,30,32,35-37,41,43-49,78H,13-16,19-29,31,33-34,64-65H2,1-9H3,(H,69,87)(H,70,82)(H,71,79)(H,72,84)(H,73,83)(H,74,86)(H,75,85)(H,80,81)(H4,66,67,68)/t41-,43-,44-,45-,46-,47-,48-,49-/m0/s1. The van der Waals surface area contributed by atoms with Gasteiger partial charge in [0, 0.05) is 49.6 Å². The van der Waals surface area contributed by atoms with Gasteiger partial charge in [0.1, 0.15) is 42.9 Å². The zero-order chi connectivity index (χ0) is 67.6. The van der Waals surface area contributed by atoms with E-state index in [1.165, 1.54) is 12.0 Å². The Morgan fingerprint density at radius 3 is 1.88 bits per heavy atom. The first-order valence-corrected chi connectivity index (χ1v) is 31.2. The number of nitrogens with zero attached hydrogens (tertiary/aromatic N) is 3. The number of aliphatic carboxylic acids is 1. The molecule has 0 saturated carbocycles. The van der Waals surface area contributed by atoms with Crippen molar-refractivity contribution in [3.63, 3.8) is 0 Å². The van der Waals surface area contributed by atoms with Crippen LogP contribution in [0, 0.1) is 17.8 Å². The SMILES string of the molecule is COc1cc2c(cc1O)CC(C(=O)N[C@H](COC(=O)[C@H](CCCCN)NC(=O)[C@H](CC(C)C)NC(=O)[C@H](CC(=O)O)NC(=O)[C@H](CC(C)C)NC(=O)[C@H](CC(C)C)NC(=O)CNC(=O)[C@@H]1CCCN1C(=O)[C@@H](N)CCCN=C(N)N)Cc1ccccc1)=C(C)N2C. The molecule has 28 heteroatoms. The lowest BCUT2D eigenvalue weighted by molar-refractivity contribution is -0.149. The van der Waals surface area contributed by atoms with E-state index in [1.807, 2.05) is 35.2 Å².